The van der Waals surface area contributed by atoms with Gasteiger partial charge in [-0.25, -0.2) is 0 Å². The summed E-state index contributed by atoms with van der Waals surface area (Å²) < 4.78 is 2.70. The molecule has 13 aromatic carbocycles. The summed E-state index contributed by atoms with van der Waals surface area (Å²) in [4.78, 5) is 5.03. The van der Waals surface area contributed by atoms with Crippen LogP contribution in [0.5, 0.6) is 0 Å². The molecule has 0 N–H and O–H groups in total. The molecule has 0 aliphatic carbocycles. The van der Waals surface area contributed by atoms with Crippen LogP contribution in [0.1, 0.15) is 22.3 Å². The van der Waals surface area contributed by atoms with Crippen LogP contribution in [-0.4, -0.2) is 11.3 Å². The number of hydrogen-bond acceptors (Lipinski definition) is 2. The molecule has 0 saturated carbocycles. The molecular weight excluding hydrogens is 894 g/mol. The van der Waals surface area contributed by atoms with E-state index in [1.165, 1.54) is 142 Å². The minimum absolute atomic E-state index is 0.0735. The van der Waals surface area contributed by atoms with Crippen molar-refractivity contribution in [2.24, 2.45) is 0 Å². The zero-order valence-electron chi connectivity index (χ0n) is 41.7. The van der Waals surface area contributed by atoms with Gasteiger partial charge in [-0.15, -0.1) is 0 Å². The molecule has 0 amide bonds. The van der Waals surface area contributed by atoms with Crippen molar-refractivity contribution in [3.63, 3.8) is 0 Å². The summed E-state index contributed by atoms with van der Waals surface area (Å²) >= 11 is 0. The number of aryl methyl sites for hydroxylation is 4. The second-order valence-corrected chi connectivity index (χ2v) is 21.1. The number of benzene rings is 13. The number of aromatic nitrogens is 1. The maximum Gasteiger partial charge on any atom is 0.252 e. The zero-order valence-corrected chi connectivity index (χ0v) is 41.7. The van der Waals surface area contributed by atoms with Gasteiger partial charge in [-0.1, -0.05) is 180 Å². The summed E-state index contributed by atoms with van der Waals surface area (Å²) in [5.41, 5.74) is 19.5. The summed E-state index contributed by atoms with van der Waals surface area (Å²) in [6.45, 7) is 8.72. The van der Waals surface area contributed by atoms with Crippen molar-refractivity contribution < 1.29 is 0 Å². The molecule has 0 saturated heterocycles. The Kier molecular flexibility index (Phi) is 8.53. The molecular formula is C70H48BN3. The maximum atomic E-state index is 2.70. The lowest BCUT2D eigenvalue weighted by molar-refractivity contribution is 1.16. The van der Waals surface area contributed by atoms with Gasteiger partial charge in [-0.2, -0.15) is 0 Å². The Bertz CT molecular complexity index is 4680. The topological polar surface area (TPSA) is 11.4 Å². The van der Waals surface area contributed by atoms with E-state index in [1.807, 2.05) is 0 Å². The van der Waals surface area contributed by atoms with Crippen LogP contribution in [0.4, 0.5) is 34.1 Å². The highest BCUT2D eigenvalue weighted by Gasteiger charge is 2.44. The molecule has 0 atom stereocenters. The molecule has 0 fully saturated rings. The summed E-state index contributed by atoms with van der Waals surface area (Å²) in [6.07, 6.45) is 0. The molecule has 2 aliphatic rings. The smallest absolute Gasteiger partial charge is 0.252 e. The lowest BCUT2D eigenvalue weighted by atomic mass is 9.33. The fraction of sp³-hybridized carbons (Fsp3) is 0.0571. The van der Waals surface area contributed by atoms with Crippen LogP contribution in [-0.2, 0) is 0 Å². The number of fused-ring (bicyclic) bond motifs is 21. The monoisotopic (exact) mass is 941 g/mol. The van der Waals surface area contributed by atoms with Crippen molar-refractivity contribution in [1.29, 1.82) is 0 Å². The quantitative estimate of drug-likeness (QED) is 0.129. The van der Waals surface area contributed by atoms with Gasteiger partial charge in [-0.05, 0) is 159 Å². The molecule has 0 bridgehead atoms. The summed E-state index contributed by atoms with van der Waals surface area (Å²) in [7, 11) is 0. The normalized spacial score (nSPS) is 12.8. The fourth-order valence-electron chi connectivity index (χ4n) is 13.5. The van der Waals surface area contributed by atoms with Crippen molar-refractivity contribution in [2.75, 3.05) is 9.80 Å². The van der Waals surface area contributed by atoms with Crippen LogP contribution in [0.3, 0.4) is 0 Å². The lowest BCUT2D eigenvalue weighted by Gasteiger charge is -2.41. The van der Waals surface area contributed by atoms with Gasteiger partial charge in [0.25, 0.3) is 6.71 Å². The number of nitrogens with zero attached hydrogens (tertiary/aromatic N) is 3. The molecule has 0 radical (unpaired) electrons. The van der Waals surface area contributed by atoms with Gasteiger partial charge >= 0.3 is 0 Å². The number of hydrogen-bond donors (Lipinski definition) is 0. The van der Waals surface area contributed by atoms with Gasteiger partial charge in [0.1, 0.15) is 0 Å². The third-order valence-corrected chi connectivity index (χ3v) is 16.7. The van der Waals surface area contributed by atoms with Gasteiger partial charge in [-0.3, -0.25) is 0 Å². The Morgan fingerprint density at radius 1 is 0.324 bits per heavy atom. The molecule has 2 aliphatic heterocycles. The van der Waals surface area contributed by atoms with Gasteiger partial charge in [0, 0.05) is 55.7 Å². The van der Waals surface area contributed by atoms with Crippen LogP contribution >= 0.6 is 0 Å². The van der Waals surface area contributed by atoms with Crippen LogP contribution in [0.25, 0.3) is 92.1 Å². The average molecular weight is 942 g/mol. The van der Waals surface area contributed by atoms with E-state index in [-0.39, 0.29) is 6.71 Å². The minimum Gasteiger partial charge on any atom is -0.311 e. The number of anilines is 6. The third-order valence-electron chi connectivity index (χ3n) is 16.7. The second-order valence-electron chi connectivity index (χ2n) is 21.1. The Morgan fingerprint density at radius 3 is 1.35 bits per heavy atom. The van der Waals surface area contributed by atoms with E-state index in [0.717, 1.165) is 22.7 Å². The number of rotatable bonds is 4. The van der Waals surface area contributed by atoms with E-state index < -0.39 is 0 Å². The van der Waals surface area contributed by atoms with Gasteiger partial charge in [0.2, 0.25) is 0 Å². The Balaban J connectivity index is 1.17. The SMILES string of the molecule is Cc1ccc(N(c2ccc(C)cc2)c2cc3c4c(c2)-n2c5ccc6c7ccccc7c7ccccc7c6c5c5c6c7ccccc7c7ccccc7c6cc(c52)B4c2cc(C)ccc2N3c2ccc(C)cc2)cc1. The molecule has 0 unspecified atom stereocenters. The van der Waals surface area contributed by atoms with Crippen molar-refractivity contribution in [3.05, 3.63) is 241 Å². The average Bonchev–Trinajstić information content (AvgIpc) is 3.83. The van der Waals surface area contributed by atoms with Crippen molar-refractivity contribution in [2.45, 2.75) is 27.7 Å². The van der Waals surface area contributed by atoms with E-state index in [9.17, 15) is 0 Å². The van der Waals surface area contributed by atoms with E-state index in [1.54, 1.807) is 0 Å². The predicted octanol–water partition coefficient (Wildman–Crippen LogP) is 17.0. The summed E-state index contributed by atoms with van der Waals surface area (Å²) in [5.74, 6) is 0. The maximum absolute atomic E-state index is 2.70. The Labute approximate surface area is 429 Å². The molecule has 0 spiro atoms. The molecule has 3 heterocycles. The molecule has 1 aromatic heterocycles. The summed E-state index contributed by atoms with van der Waals surface area (Å²) in [5, 5.41) is 18.1. The molecule has 74 heavy (non-hydrogen) atoms. The van der Waals surface area contributed by atoms with Crippen LogP contribution < -0.4 is 26.2 Å². The zero-order chi connectivity index (χ0) is 49.1. The van der Waals surface area contributed by atoms with E-state index >= 15 is 0 Å². The van der Waals surface area contributed by atoms with Gasteiger partial charge < -0.3 is 14.4 Å². The molecule has 14 aromatic rings. The third kappa shape index (κ3) is 5.63. The van der Waals surface area contributed by atoms with Crippen molar-refractivity contribution >= 4 is 144 Å². The van der Waals surface area contributed by atoms with Crippen molar-refractivity contribution in [3.8, 4) is 5.69 Å². The molecule has 3 nitrogen and oxygen atoms in total. The highest BCUT2D eigenvalue weighted by molar-refractivity contribution is 7.00. The Hall–Kier alpha value is -9.12. The molecule has 4 heteroatoms. The Morgan fingerprint density at radius 2 is 0.784 bits per heavy atom. The van der Waals surface area contributed by atoms with Crippen LogP contribution in [0.15, 0.2) is 218 Å². The largest absolute Gasteiger partial charge is 0.311 e. The lowest BCUT2D eigenvalue weighted by Crippen LogP contribution is -2.60. The first-order valence-corrected chi connectivity index (χ1v) is 26.0. The standard InChI is InChI=1S/C70H48BN3/c1-41-21-28-45(29-22-41)72(46-30-23-42(2)24-31-46)48-38-63-69-64(39-48)74-62-36-34-57-53-17-7-5-13-49(53)51-15-9-11-19-55(51)65(57)67(62)68-66-56-20-12-10-16-52(56)50-14-6-8-18-54(50)58(66)40-60(70(68)74)71(69)59-37-44(4)27-35-61(59)73(63)47-32-25-43(3)26-33-47/h5-40H,1-4H3. The molecule has 346 valence electrons. The second kappa shape index (κ2) is 15.2. The van der Waals surface area contributed by atoms with Crippen LogP contribution in [0, 0.1) is 27.7 Å². The fourth-order valence-corrected chi connectivity index (χ4v) is 13.5. The highest BCUT2D eigenvalue weighted by Crippen LogP contribution is 2.51. The first-order chi connectivity index (χ1) is 36.4. The van der Waals surface area contributed by atoms with Gasteiger partial charge in [0.15, 0.2) is 0 Å². The van der Waals surface area contributed by atoms with E-state index in [2.05, 4.69) is 260 Å². The van der Waals surface area contributed by atoms with E-state index in [0.29, 0.717) is 0 Å². The first kappa shape index (κ1) is 41.5. The summed E-state index contributed by atoms with van der Waals surface area (Å²) in [6, 6.07) is 83.3. The van der Waals surface area contributed by atoms with Crippen molar-refractivity contribution in [1.82, 2.24) is 4.57 Å². The first-order valence-electron chi connectivity index (χ1n) is 26.0. The minimum atomic E-state index is -0.0735. The molecule has 16 rings (SSSR count). The van der Waals surface area contributed by atoms with Crippen LogP contribution in [0.2, 0.25) is 0 Å². The predicted molar refractivity (Wildman–Crippen MR) is 319 cm³/mol. The van der Waals surface area contributed by atoms with E-state index in [4.69, 9.17) is 0 Å². The highest BCUT2D eigenvalue weighted by atomic mass is 15.2. The van der Waals surface area contributed by atoms with Gasteiger partial charge in [0.05, 0.1) is 16.7 Å².